The van der Waals surface area contributed by atoms with Gasteiger partial charge in [0, 0.05) is 33.1 Å². The van der Waals surface area contributed by atoms with Gasteiger partial charge in [-0.1, -0.05) is 92.7 Å². The lowest BCUT2D eigenvalue weighted by Crippen LogP contribution is -2.35. The van der Waals surface area contributed by atoms with E-state index in [-0.39, 0.29) is 23.0 Å². The first kappa shape index (κ1) is 30.1. The average Bonchev–Trinajstić information content (AvgIpc) is 3.48. The summed E-state index contributed by atoms with van der Waals surface area (Å²) in [4.78, 5) is 15.7. The number of nitrogens with zero attached hydrogens (tertiary/aromatic N) is 5. The lowest BCUT2D eigenvalue weighted by Gasteiger charge is -2.39. The zero-order valence-electron chi connectivity index (χ0n) is 27.4. The standard InChI is InChI=1S/C42H31N5O2/c1-5-41(6-2)34-14-10-9-13-32(34)36-30-11-7-8-12-31(30)38-33(37(36)41)23-24-42(49-38,28-19-21-29(48-4)22-20-28)27-17-15-26(16-18-27)39-45-35(25-43)46-40(44-3)47-39/h7-24H,5-6H2,1-2,4H3. The normalized spacial score (nSPS) is 16.5. The van der Waals surface area contributed by atoms with Crippen LogP contribution in [0.25, 0.3) is 44.2 Å². The summed E-state index contributed by atoms with van der Waals surface area (Å²) >= 11 is 0. The van der Waals surface area contributed by atoms with Crippen LogP contribution in [-0.2, 0) is 11.0 Å². The number of benzene rings is 5. The predicted molar refractivity (Wildman–Crippen MR) is 190 cm³/mol. The van der Waals surface area contributed by atoms with Crippen molar-refractivity contribution in [1.82, 2.24) is 15.0 Å². The Labute approximate surface area is 285 Å². The highest BCUT2D eigenvalue weighted by atomic mass is 16.5. The van der Waals surface area contributed by atoms with Crippen LogP contribution in [-0.4, -0.2) is 22.1 Å². The second-order valence-corrected chi connectivity index (χ2v) is 12.4. The molecule has 0 spiro atoms. The van der Waals surface area contributed by atoms with Gasteiger partial charge in [0.1, 0.15) is 11.5 Å². The van der Waals surface area contributed by atoms with Gasteiger partial charge in [0.25, 0.3) is 5.82 Å². The lowest BCUT2D eigenvalue weighted by molar-refractivity contribution is 0.163. The van der Waals surface area contributed by atoms with E-state index >= 15 is 0 Å². The van der Waals surface area contributed by atoms with E-state index in [1.165, 1.54) is 27.6 Å². The Bertz CT molecular complexity index is 2370. The topological polar surface area (TPSA) is 85.3 Å². The maximum Gasteiger partial charge on any atom is 0.376 e. The molecule has 0 N–H and O–H groups in total. The molecule has 236 valence electrons. The SMILES string of the molecule is [C-]#[N+]c1nc(C#N)nc(-c2ccc(C3(c4ccc(OC)cc4)C=Cc4c5c(c6ccccc6c4O3)-c3ccccc3C5(CC)CC)cc2)n1. The molecule has 0 saturated carbocycles. The monoisotopic (exact) mass is 637 g/mol. The molecule has 8 rings (SSSR count). The molecule has 0 saturated heterocycles. The summed E-state index contributed by atoms with van der Waals surface area (Å²) in [7, 11) is 1.66. The quantitative estimate of drug-likeness (QED) is 0.169. The van der Waals surface area contributed by atoms with Gasteiger partial charge < -0.3 is 14.3 Å². The molecule has 0 radical (unpaired) electrons. The summed E-state index contributed by atoms with van der Waals surface area (Å²) in [5, 5.41) is 11.7. The van der Waals surface area contributed by atoms with Gasteiger partial charge in [-0.05, 0) is 70.8 Å². The van der Waals surface area contributed by atoms with Crippen molar-refractivity contribution < 1.29 is 9.47 Å². The first-order valence-electron chi connectivity index (χ1n) is 16.4. The molecule has 1 aliphatic heterocycles. The van der Waals surface area contributed by atoms with E-state index in [0.29, 0.717) is 5.56 Å². The van der Waals surface area contributed by atoms with Crippen molar-refractivity contribution >= 4 is 22.8 Å². The molecule has 2 heterocycles. The van der Waals surface area contributed by atoms with Crippen molar-refractivity contribution in [1.29, 1.82) is 5.26 Å². The molecule has 1 aromatic heterocycles. The predicted octanol–water partition coefficient (Wildman–Crippen LogP) is 9.56. The van der Waals surface area contributed by atoms with Crippen LogP contribution in [0.15, 0.2) is 103 Å². The maximum atomic E-state index is 9.43. The maximum absolute atomic E-state index is 9.43. The number of fused-ring (bicyclic) bond motifs is 8. The van der Waals surface area contributed by atoms with Crippen molar-refractivity contribution in [2.45, 2.75) is 37.7 Å². The zero-order chi connectivity index (χ0) is 33.8. The number of hydrogen-bond acceptors (Lipinski definition) is 6. The third-order valence-corrected chi connectivity index (χ3v) is 10.3. The van der Waals surface area contributed by atoms with Gasteiger partial charge in [-0.25, -0.2) is 0 Å². The Morgan fingerprint density at radius 1 is 0.837 bits per heavy atom. The van der Waals surface area contributed by atoms with Crippen LogP contribution < -0.4 is 9.47 Å². The van der Waals surface area contributed by atoms with E-state index in [4.69, 9.17) is 16.0 Å². The number of ether oxygens (including phenoxy) is 2. The first-order chi connectivity index (χ1) is 24.0. The molecule has 1 unspecified atom stereocenters. The molecular weight excluding hydrogens is 606 g/mol. The zero-order valence-corrected chi connectivity index (χ0v) is 27.4. The molecule has 7 nitrogen and oxygen atoms in total. The van der Waals surface area contributed by atoms with E-state index < -0.39 is 5.60 Å². The Morgan fingerprint density at radius 2 is 1.51 bits per heavy atom. The largest absolute Gasteiger partial charge is 0.497 e. The molecule has 1 atom stereocenters. The molecule has 2 aliphatic rings. The van der Waals surface area contributed by atoms with Gasteiger partial charge >= 0.3 is 5.95 Å². The van der Waals surface area contributed by atoms with Crippen LogP contribution >= 0.6 is 0 Å². The third-order valence-electron chi connectivity index (χ3n) is 10.3. The van der Waals surface area contributed by atoms with E-state index in [1.807, 2.05) is 54.6 Å². The minimum Gasteiger partial charge on any atom is -0.497 e. The molecule has 6 aromatic rings. The molecular formula is C42H31N5O2. The van der Waals surface area contributed by atoms with Crippen molar-refractivity contribution in [3.05, 3.63) is 148 Å². The number of methoxy groups -OCH3 is 1. The van der Waals surface area contributed by atoms with E-state index in [9.17, 15) is 5.26 Å². The van der Waals surface area contributed by atoms with Gasteiger partial charge in [-0.15, -0.1) is 16.5 Å². The fourth-order valence-corrected chi connectivity index (χ4v) is 7.88. The van der Waals surface area contributed by atoms with E-state index in [1.54, 1.807) is 7.11 Å². The summed E-state index contributed by atoms with van der Waals surface area (Å²) in [6, 6.07) is 35.2. The summed E-state index contributed by atoms with van der Waals surface area (Å²) in [6.45, 7) is 12.0. The highest BCUT2D eigenvalue weighted by molar-refractivity contribution is 6.08. The number of aromatic nitrogens is 3. The van der Waals surface area contributed by atoms with Gasteiger partial charge in [0.05, 0.1) is 7.11 Å². The van der Waals surface area contributed by atoms with Crippen LogP contribution in [0.3, 0.4) is 0 Å². The van der Waals surface area contributed by atoms with E-state index in [2.05, 4.69) is 94.3 Å². The molecule has 0 fully saturated rings. The smallest absolute Gasteiger partial charge is 0.376 e. The highest BCUT2D eigenvalue weighted by Crippen LogP contribution is 2.60. The molecule has 0 amide bonds. The second kappa shape index (κ2) is 11.4. The minimum absolute atomic E-state index is 0.0956. The van der Waals surface area contributed by atoms with Gasteiger partial charge in [-0.2, -0.15) is 10.2 Å². The minimum atomic E-state index is -0.986. The summed E-state index contributed by atoms with van der Waals surface area (Å²) in [5.74, 6) is 1.66. The Hall–Kier alpha value is -6.31. The van der Waals surface area contributed by atoms with Gasteiger partial charge in [-0.3, -0.25) is 0 Å². The fourth-order valence-electron chi connectivity index (χ4n) is 7.88. The van der Waals surface area contributed by atoms with Crippen LogP contribution in [0.5, 0.6) is 11.5 Å². The lowest BCUT2D eigenvalue weighted by atomic mass is 9.71. The van der Waals surface area contributed by atoms with Crippen LogP contribution in [0.4, 0.5) is 5.95 Å². The number of rotatable bonds is 6. The molecule has 1 aliphatic carbocycles. The number of nitriles is 1. The average molecular weight is 638 g/mol. The van der Waals surface area contributed by atoms with Crippen LogP contribution in [0.2, 0.25) is 0 Å². The van der Waals surface area contributed by atoms with Crippen molar-refractivity contribution in [3.63, 3.8) is 0 Å². The van der Waals surface area contributed by atoms with Crippen molar-refractivity contribution in [3.8, 4) is 40.1 Å². The van der Waals surface area contributed by atoms with Crippen LogP contribution in [0, 0.1) is 17.9 Å². The van der Waals surface area contributed by atoms with E-state index in [0.717, 1.165) is 46.4 Å². The Balaban J connectivity index is 1.36. The Morgan fingerprint density at radius 3 is 2.18 bits per heavy atom. The fraction of sp³-hybridized carbons (Fsp3) is 0.167. The van der Waals surface area contributed by atoms with Crippen LogP contribution in [0.1, 0.15) is 60.3 Å². The highest BCUT2D eigenvalue weighted by Gasteiger charge is 2.46. The molecule has 49 heavy (non-hydrogen) atoms. The molecule has 0 bridgehead atoms. The Kier molecular flexibility index (Phi) is 7.01. The second-order valence-electron chi connectivity index (χ2n) is 12.4. The summed E-state index contributed by atoms with van der Waals surface area (Å²) in [6.07, 6.45) is 6.38. The first-order valence-corrected chi connectivity index (χ1v) is 16.4. The third kappa shape index (κ3) is 4.36. The number of hydrogen-bond donors (Lipinski definition) is 0. The molecule has 5 aromatic carbocycles. The van der Waals surface area contributed by atoms with Gasteiger partial charge in [0.2, 0.25) is 5.82 Å². The van der Waals surface area contributed by atoms with Crippen molar-refractivity contribution in [2.24, 2.45) is 0 Å². The van der Waals surface area contributed by atoms with Crippen molar-refractivity contribution in [2.75, 3.05) is 7.11 Å². The molecule has 7 heteroatoms. The summed E-state index contributed by atoms with van der Waals surface area (Å²) in [5.41, 5.74) is 7.80. The summed E-state index contributed by atoms with van der Waals surface area (Å²) < 4.78 is 13.0. The van der Waals surface area contributed by atoms with Gasteiger partial charge in [0.15, 0.2) is 11.7 Å².